The summed E-state index contributed by atoms with van der Waals surface area (Å²) in [5.41, 5.74) is 2.60. The predicted molar refractivity (Wildman–Crippen MR) is 70.8 cm³/mol. The third-order valence-corrected chi connectivity index (χ3v) is 3.32. The first-order valence-electron chi connectivity index (χ1n) is 6.09. The van der Waals surface area contributed by atoms with E-state index in [1.807, 2.05) is 19.3 Å². The molecule has 17 heavy (non-hydrogen) atoms. The molecule has 0 aliphatic heterocycles. The van der Waals surface area contributed by atoms with Gasteiger partial charge in [0.05, 0.1) is 12.6 Å². The first-order chi connectivity index (χ1) is 8.28. The van der Waals surface area contributed by atoms with E-state index in [1.165, 1.54) is 11.1 Å². The maximum Gasteiger partial charge on any atom is 0.122 e. The van der Waals surface area contributed by atoms with Crippen molar-refractivity contribution in [3.63, 3.8) is 0 Å². The summed E-state index contributed by atoms with van der Waals surface area (Å²) in [6.45, 7) is 2.21. The minimum Gasteiger partial charge on any atom is -0.497 e. The van der Waals surface area contributed by atoms with Crippen LogP contribution in [0.2, 0.25) is 0 Å². The molecule has 0 spiro atoms. The van der Waals surface area contributed by atoms with Gasteiger partial charge in [-0.15, -0.1) is 0 Å². The van der Waals surface area contributed by atoms with Crippen LogP contribution in [0.25, 0.3) is 5.52 Å². The predicted octanol–water partition coefficient (Wildman–Crippen LogP) is 2.49. The van der Waals surface area contributed by atoms with E-state index in [2.05, 4.69) is 35.0 Å². The lowest BCUT2D eigenvalue weighted by molar-refractivity contribution is 0.414. The Labute approximate surface area is 102 Å². The van der Waals surface area contributed by atoms with Crippen LogP contribution >= 0.6 is 0 Å². The zero-order valence-electron chi connectivity index (χ0n) is 10.7. The summed E-state index contributed by atoms with van der Waals surface area (Å²) >= 11 is 0. The second-order valence-electron chi connectivity index (χ2n) is 4.30. The number of ether oxygens (including phenoxy) is 1. The summed E-state index contributed by atoms with van der Waals surface area (Å²) in [7, 11) is 3.73. The van der Waals surface area contributed by atoms with Crippen molar-refractivity contribution in [3.05, 3.63) is 36.2 Å². The molecular weight excluding hydrogens is 212 g/mol. The minimum absolute atomic E-state index is 0.535. The molecule has 0 aliphatic carbocycles. The molecule has 2 aromatic rings. The average Bonchev–Trinajstić information content (AvgIpc) is 2.78. The molecule has 0 saturated heterocycles. The van der Waals surface area contributed by atoms with Crippen LogP contribution in [0.5, 0.6) is 5.75 Å². The van der Waals surface area contributed by atoms with Crippen molar-refractivity contribution in [1.29, 1.82) is 0 Å². The Hall–Kier alpha value is -1.48. The van der Waals surface area contributed by atoms with Gasteiger partial charge in [0.15, 0.2) is 0 Å². The van der Waals surface area contributed by atoms with Crippen molar-refractivity contribution >= 4 is 5.52 Å². The Morgan fingerprint density at radius 2 is 2.12 bits per heavy atom. The molecule has 0 radical (unpaired) electrons. The van der Waals surface area contributed by atoms with Crippen LogP contribution in [0.3, 0.4) is 0 Å². The van der Waals surface area contributed by atoms with Crippen LogP contribution in [0.4, 0.5) is 0 Å². The summed E-state index contributed by atoms with van der Waals surface area (Å²) in [6.07, 6.45) is 6.33. The van der Waals surface area contributed by atoms with Crippen molar-refractivity contribution in [3.8, 4) is 5.75 Å². The highest BCUT2D eigenvalue weighted by Crippen LogP contribution is 2.20. The molecule has 0 bridgehead atoms. The first-order valence-corrected chi connectivity index (χ1v) is 6.09. The normalized spacial score (nSPS) is 12.9. The van der Waals surface area contributed by atoms with E-state index in [-0.39, 0.29) is 0 Å². The van der Waals surface area contributed by atoms with E-state index >= 15 is 0 Å². The molecule has 2 heterocycles. The number of hydrogen-bond donors (Lipinski definition) is 1. The highest BCUT2D eigenvalue weighted by molar-refractivity contribution is 5.59. The van der Waals surface area contributed by atoms with E-state index in [4.69, 9.17) is 4.74 Å². The second-order valence-corrected chi connectivity index (χ2v) is 4.30. The fourth-order valence-electron chi connectivity index (χ4n) is 2.15. The fraction of sp³-hybridized carbons (Fsp3) is 0.429. The smallest absolute Gasteiger partial charge is 0.122 e. The zero-order chi connectivity index (χ0) is 12.3. The molecule has 0 saturated carbocycles. The number of rotatable bonds is 5. The quantitative estimate of drug-likeness (QED) is 0.857. The maximum atomic E-state index is 5.28. The summed E-state index contributed by atoms with van der Waals surface area (Å²) < 4.78 is 7.41. The summed E-state index contributed by atoms with van der Waals surface area (Å²) in [5, 5.41) is 3.34. The molecule has 1 unspecified atom stereocenters. The van der Waals surface area contributed by atoms with Crippen LogP contribution in [-0.2, 0) is 6.42 Å². The molecule has 0 aromatic carbocycles. The van der Waals surface area contributed by atoms with Crippen molar-refractivity contribution in [1.82, 2.24) is 9.72 Å². The van der Waals surface area contributed by atoms with Gasteiger partial charge in [0, 0.05) is 24.5 Å². The van der Waals surface area contributed by atoms with Gasteiger partial charge in [0.1, 0.15) is 5.75 Å². The topological polar surface area (TPSA) is 25.7 Å². The molecule has 2 rings (SSSR count). The van der Waals surface area contributed by atoms with E-state index in [9.17, 15) is 0 Å². The molecule has 3 heteroatoms. The SMILES string of the molecule is CCC(Cc1ccn2ccc(OC)cc12)NC. The Morgan fingerprint density at radius 3 is 2.76 bits per heavy atom. The average molecular weight is 232 g/mol. The van der Waals surface area contributed by atoms with Gasteiger partial charge < -0.3 is 14.5 Å². The number of likely N-dealkylation sites (N-methyl/N-ethyl adjacent to an activating group) is 1. The van der Waals surface area contributed by atoms with Gasteiger partial charge >= 0.3 is 0 Å². The summed E-state index contributed by atoms with van der Waals surface area (Å²) in [6, 6.07) is 6.80. The monoisotopic (exact) mass is 232 g/mol. The number of methoxy groups -OCH3 is 1. The second kappa shape index (κ2) is 5.23. The number of hydrogen-bond acceptors (Lipinski definition) is 2. The third kappa shape index (κ3) is 2.44. The molecule has 3 nitrogen and oxygen atoms in total. The van der Waals surface area contributed by atoms with E-state index in [0.29, 0.717) is 6.04 Å². The van der Waals surface area contributed by atoms with Gasteiger partial charge in [-0.3, -0.25) is 0 Å². The van der Waals surface area contributed by atoms with E-state index in [0.717, 1.165) is 18.6 Å². The van der Waals surface area contributed by atoms with E-state index < -0.39 is 0 Å². The maximum absolute atomic E-state index is 5.28. The number of nitrogens with one attached hydrogen (secondary N) is 1. The highest BCUT2D eigenvalue weighted by Gasteiger charge is 2.09. The van der Waals surface area contributed by atoms with Crippen LogP contribution in [-0.4, -0.2) is 24.6 Å². The van der Waals surface area contributed by atoms with Gasteiger partial charge in [0.25, 0.3) is 0 Å². The van der Waals surface area contributed by atoms with Crippen LogP contribution in [0, 0.1) is 0 Å². The lowest BCUT2D eigenvalue weighted by Crippen LogP contribution is -2.26. The summed E-state index contributed by atoms with van der Waals surface area (Å²) in [5.74, 6) is 0.912. The molecule has 1 atom stereocenters. The number of aromatic nitrogens is 1. The number of pyridine rings is 1. The van der Waals surface area contributed by atoms with E-state index in [1.54, 1.807) is 7.11 Å². The molecule has 2 aromatic heterocycles. The van der Waals surface area contributed by atoms with Crippen molar-refractivity contribution in [2.24, 2.45) is 0 Å². The third-order valence-electron chi connectivity index (χ3n) is 3.32. The largest absolute Gasteiger partial charge is 0.497 e. The van der Waals surface area contributed by atoms with Crippen LogP contribution < -0.4 is 10.1 Å². The van der Waals surface area contributed by atoms with Gasteiger partial charge in [-0.1, -0.05) is 6.92 Å². The number of fused-ring (bicyclic) bond motifs is 1. The molecule has 0 fully saturated rings. The Morgan fingerprint density at radius 1 is 1.35 bits per heavy atom. The first kappa shape index (κ1) is 12.0. The molecule has 0 aliphatic rings. The zero-order valence-corrected chi connectivity index (χ0v) is 10.7. The Kier molecular flexibility index (Phi) is 3.69. The number of nitrogens with zero attached hydrogens (tertiary/aromatic N) is 1. The highest BCUT2D eigenvalue weighted by atomic mass is 16.5. The Balaban J connectivity index is 2.33. The van der Waals surface area contributed by atoms with Crippen LogP contribution in [0.15, 0.2) is 30.6 Å². The molecule has 92 valence electrons. The summed E-state index contributed by atoms with van der Waals surface area (Å²) in [4.78, 5) is 0. The molecule has 0 amide bonds. The van der Waals surface area contributed by atoms with Crippen molar-refractivity contribution < 1.29 is 4.74 Å². The van der Waals surface area contributed by atoms with Crippen molar-refractivity contribution in [2.45, 2.75) is 25.8 Å². The minimum atomic E-state index is 0.535. The van der Waals surface area contributed by atoms with Gasteiger partial charge in [-0.05, 0) is 37.6 Å². The van der Waals surface area contributed by atoms with Gasteiger partial charge in [0.2, 0.25) is 0 Å². The fourth-order valence-corrected chi connectivity index (χ4v) is 2.15. The van der Waals surface area contributed by atoms with Gasteiger partial charge in [-0.25, -0.2) is 0 Å². The Bertz CT molecular complexity index is 486. The van der Waals surface area contributed by atoms with Gasteiger partial charge in [-0.2, -0.15) is 0 Å². The molecular formula is C14H20N2O. The lowest BCUT2D eigenvalue weighted by Gasteiger charge is -2.13. The lowest BCUT2D eigenvalue weighted by atomic mass is 10.1. The standard InChI is InChI=1S/C14H20N2O/c1-4-12(15-2)9-11-5-7-16-8-6-13(17-3)10-14(11)16/h5-8,10,12,15H,4,9H2,1-3H3. The van der Waals surface area contributed by atoms with Crippen molar-refractivity contribution in [2.75, 3.05) is 14.2 Å². The molecule has 1 N–H and O–H groups in total. The van der Waals surface area contributed by atoms with Crippen LogP contribution in [0.1, 0.15) is 18.9 Å².